The molecule has 2 atom stereocenters. The van der Waals surface area contributed by atoms with Gasteiger partial charge in [0, 0.05) is 18.0 Å². The van der Waals surface area contributed by atoms with Crippen LogP contribution in [0.5, 0.6) is 0 Å². The Kier molecular flexibility index (Phi) is 2.63. The molecule has 0 aliphatic carbocycles. The summed E-state index contributed by atoms with van der Waals surface area (Å²) in [6, 6.07) is 6.45. The number of nitrogens with two attached hydrogens (primary N) is 1. The molecule has 2 aromatic rings. The fourth-order valence-electron chi connectivity index (χ4n) is 2.24. The van der Waals surface area contributed by atoms with E-state index >= 15 is 0 Å². The van der Waals surface area contributed by atoms with Crippen LogP contribution in [0.4, 0.5) is 4.39 Å². The van der Waals surface area contributed by atoms with Crippen LogP contribution in [0, 0.1) is 11.7 Å². The number of rotatable bonds is 1. The van der Waals surface area contributed by atoms with Gasteiger partial charge in [0.2, 0.25) is 0 Å². The van der Waals surface area contributed by atoms with Crippen LogP contribution in [-0.4, -0.2) is 20.8 Å². The molecule has 0 fully saturated rings. The van der Waals surface area contributed by atoms with Crippen LogP contribution >= 0.6 is 0 Å². The first kappa shape index (κ1) is 11.3. The van der Waals surface area contributed by atoms with Gasteiger partial charge in [0.25, 0.3) is 0 Å². The van der Waals surface area contributed by atoms with E-state index in [1.54, 1.807) is 6.07 Å². The molecule has 0 bridgehead atoms. The van der Waals surface area contributed by atoms with Crippen molar-refractivity contribution in [2.45, 2.75) is 25.9 Å². The fourth-order valence-corrected chi connectivity index (χ4v) is 2.24. The van der Waals surface area contributed by atoms with E-state index in [2.05, 4.69) is 17.0 Å². The molecular weight excluding hydrogens is 231 g/mol. The van der Waals surface area contributed by atoms with Gasteiger partial charge in [-0.15, -0.1) is 0 Å². The molecule has 3 rings (SSSR count). The van der Waals surface area contributed by atoms with E-state index < -0.39 is 0 Å². The van der Waals surface area contributed by atoms with Gasteiger partial charge in [0.15, 0.2) is 5.82 Å². The molecular formula is C13H15FN4. The Morgan fingerprint density at radius 1 is 1.44 bits per heavy atom. The summed E-state index contributed by atoms with van der Waals surface area (Å²) in [5.74, 6) is 1.64. The highest BCUT2D eigenvalue weighted by molar-refractivity contribution is 5.54. The molecule has 4 nitrogen and oxygen atoms in total. The maximum Gasteiger partial charge on any atom is 0.181 e. The Morgan fingerprint density at radius 2 is 2.28 bits per heavy atom. The predicted molar refractivity (Wildman–Crippen MR) is 66.3 cm³/mol. The second kappa shape index (κ2) is 4.17. The number of nitrogens with zero attached hydrogens (tertiary/aromatic N) is 3. The quantitative estimate of drug-likeness (QED) is 0.831. The van der Waals surface area contributed by atoms with Crippen molar-refractivity contribution in [2.75, 3.05) is 0 Å². The fraction of sp³-hybridized carbons (Fsp3) is 0.385. The zero-order valence-electron chi connectivity index (χ0n) is 10.2. The first-order chi connectivity index (χ1) is 8.63. The van der Waals surface area contributed by atoms with Crippen LogP contribution in [0.25, 0.3) is 11.4 Å². The molecule has 1 aliphatic heterocycles. The third-order valence-electron chi connectivity index (χ3n) is 3.45. The average molecular weight is 246 g/mol. The Balaban J connectivity index is 1.99. The van der Waals surface area contributed by atoms with E-state index in [-0.39, 0.29) is 11.9 Å². The zero-order chi connectivity index (χ0) is 12.7. The van der Waals surface area contributed by atoms with E-state index in [0.29, 0.717) is 23.9 Å². The van der Waals surface area contributed by atoms with Crippen molar-refractivity contribution in [3.8, 4) is 11.4 Å². The molecule has 0 spiro atoms. The van der Waals surface area contributed by atoms with Crippen molar-refractivity contribution in [2.24, 2.45) is 11.7 Å². The van der Waals surface area contributed by atoms with Gasteiger partial charge in [0.05, 0.1) is 6.54 Å². The average Bonchev–Trinajstić information content (AvgIpc) is 2.73. The van der Waals surface area contributed by atoms with Crippen LogP contribution in [0.2, 0.25) is 0 Å². The van der Waals surface area contributed by atoms with Gasteiger partial charge in [0.1, 0.15) is 11.6 Å². The van der Waals surface area contributed by atoms with Crippen LogP contribution < -0.4 is 5.73 Å². The van der Waals surface area contributed by atoms with E-state index in [1.807, 2.05) is 10.7 Å². The SMILES string of the molecule is CC1Cc2nc(-c3cccc(F)c3)nn2CC1N. The van der Waals surface area contributed by atoms with E-state index in [9.17, 15) is 4.39 Å². The summed E-state index contributed by atoms with van der Waals surface area (Å²) in [6.07, 6.45) is 0.823. The summed E-state index contributed by atoms with van der Waals surface area (Å²) in [5, 5.41) is 4.41. The molecule has 0 saturated heterocycles. The van der Waals surface area contributed by atoms with Gasteiger partial charge < -0.3 is 5.73 Å². The van der Waals surface area contributed by atoms with E-state index in [0.717, 1.165) is 12.2 Å². The predicted octanol–water partition coefficient (Wildman–Crippen LogP) is 1.60. The number of hydrogen-bond donors (Lipinski definition) is 1. The molecule has 1 aliphatic rings. The van der Waals surface area contributed by atoms with E-state index in [4.69, 9.17) is 5.73 Å². The summed E-state index contributed by atoms with van der Waals surface area (Å²) in [5.41, 5.74) is 6.72. The number of hydrogen-bond acceptors (Lipinski definition) is 3. The van der Waals surface area contributed by atoms with Gasteiger partial charge in [-0.1, -0.05) is 19.1 Å². The van der Waals surface area contributed by atoms with Crippen molar-refractivity contribution >= 4 is 0 Å². The van der Waals surface area contributed by atoms with Crippen molar-refractivity contribution in [3.05, 3.63) is 35.9 Å². The second-order valence-electron chi connectivity index (χ2n) is 4.89. The molecule has 2 unspecified atom stereocenters. The molecule has 5 heteroatoms. The largest absolute Gasteiger partial charge is 0.326 e. The topological polar surface area (TPSA) is 56.7 Å². The molecule has 1 aromatic carbocycles. The molecule has 0 amide bonds. The van der Waals surface area contributed by atoms with Crippen LogP contribution in [0.3, 0.4) is 0 Å². The van der Waals surface area contributed by atoms with Gasteiger partial charge in [-0.2, -0.15) is 5.10 Å². The van der Waals surface area contributed by atoms with Gasteiger partial charge >= 0.3 is 0 Å². The first-order valence-electron chi connectivity index (χ1n) is 6.09. The van der Waals surface area contributed by atoms with Gasteiger partial charge in [-0.05, 0) is 18.1 Å². The molecule has 2 N–H and O–H groups in total. The lowest BCUT2D eigenvalue weighted by Crippen LogP contribution is -2.39. The maximum atomic E-state index is 13.2. The van der Waals surface area contributed by atoms with Crippen LogP contribution in [-0.2, 0) is 13.0 Å². The minimum absolute atomic E-state index is 0.111. The summed E-state index contributed by atoms with van der Waals surface area (Å²) >= 11 is 0. The Morgan fingerprint density at radius 3 is 3.06 bits per heavy atom. The normalized spacial score (nSPS) is 22.8. The Hall–Kier alpha value is -1.75. The number of halogens is 1. The third kappa shape index (κ3) is 1.90. The van der Waals surface area contributed by atoms with Crippen molar-refractivity contribution < 1.29 is 4.39 Å². The van der Waals surface area contributed by atoms with Crippen LogP contribution in [0.15, 0.2) is 24.3 Å². The lowest BCUT2D eigenvalue weighted by Gasteiger charge is -2.25. The first-order valence-corrected chi connectivity index (χ1v) is 6.09. The molecule has 18 heavy (non-hydrogen) atoms. The number of aromatic nitrogens is 3. The molecule has 0 saturated carbocycles. The van der Waals surface area contributed by atoms with Gasteiger partial charge in [-0.3, -0.25) is 0 Å². The molecule has 1 aromatic heterocycles. The van der Waals surface area contributed by atoms with Crippen LogP contribution in [0.1, 0.15) is 12.7 Å². The summed E-state index contributed by atoms with van der Waals surface area (Å²) in [7, 11) is 0. The molecule has 2 heterocycles. The monoisotopic (exact) mass is 246 g/mol. The number of benzene rings is 1. The standard InChI is InChI=1S/C13H15FN4/c1-8-5-12-16-13(17-18(12)7-11(8)15)9-3-2-4-10(14)6-9/h2-4,6,8,11H,5,7,15H2,1H3. The van der Waals surface area contributed by atoms with Crippen molar-refractivity contribution in [1.82, 2.24) is 14.8 Å². The maximum absolute atomic E-state index is 13.2. The summed E-state index contributed by atoms with van der Waals surface area (Å²) in [4.78, 5) is 4.48. The minimum atomic E-state index is -0.273. The molecule has 0 radical (unpaired) electrons. The summed E-state index contributed by atoms with van der Waals surface area (Å²) < 4.78 is 15.0. The highest BCUT2D eigenvalue weighted by atomic mass is 19.1. The third-order valence-corrected chi connectivity index (χ3v) is 3.45. The minimum Gasteiger partial charge on any atom is -0.326 e. The lowest BCUT2D eigenvalue weighted by molar-refractivity contribution is 0.330. The van der Waals surface area contributed by atoms with Crippen molar-refractivity contribution in [1.29, 1.82) is 0 Å². The molecule has 94 valence electrons. The summed E-state index contributed by atoms with van der Waals surface area (Å²) in [6.45, 7) is 2.80. The van der Waals surface area contributed by atoms with E-state index in [1.165, 1.54) is 12.1 Å². The smallest absolute Gasteiger partial charge is 0.181 e. The zero-order valence-corrected chi connectivity index (χ0v) is 10.2. The van der Waals surface area contributed by atoms with Crippen molar-refractivity contribution in [3.63, 3.8) is 0 Å². The number of fused-ring (bicyclic) bond motifs is 1. The highest BCUT2D eigenvalue weighted by Crippen LogP contribution is 2.22. The lowest BCUT2D eigenvalue weighted by atomic mass is 9.96. The Labute approximate surface area is 105 Å². The highest BCUT2D eigenvalue weighted by Gasteiger charge is 2.25. The van der Waals surface area contributed by atoms with Gasteiger partial charge in [-0.25, -0.2) is 14.1 Å². The second-order valence-corrected chi connectivity index (χ2v) is 4.89. The Bertz CT molecular complexity index is 551.